The second-order valence-corrected chi connectivity index (χ2v) is 7.05. The van der Waals surface area contributed by atoms with Crippen molar-refractivity contribution in [2.75, 3.05) is 0 Å². The molecule has 108 valence electrons. The van der Waals surface area contributed by atoms with Gasteiger partial charge in [-0.3, -0.25) is 0 Å². The van der Waals surface area contributed by atoms with Gasteiger partial charge in [-0.2, -0.15) is 0 Å². The van der Waals surface area contributed by atoms with Gasteiger partial charge in [0, 0.05) is 0 Å². The third-order valence-corrected chi connectivity index (χ3v) is 5.13. The topological polar surface area (TPSA) is 0 Å². The molecule has 1 saturated carbocycles. The molecular weight excluding hydrogens is 216 g/mol. The number of unbranched alkanes of at least 4 members (excludes halogenated alkanes) is 5. The van der Waals surface area contributed by atoms with Crippen molar-refractivity contribution in [1.29, 1.82) is 0 Å². The first-order chi connectivity index (χ1) is 8.66. The molecule has 0 N–H and O–H groups in total. The molecule has 3 unspecified atom stereocenters. The molecule has 0 heterocycles. The predicted molar refractivity (Wildman–Crippen MR) is 82.8 cm³/mol. The van der Waals surface area contributed by atoms with E-state index in [1.807, 2.05) is 0 Å². The van der Waals surface area contributed by atoms with Gasteiger partial charge in [0.05, 0.1) is 0 Å². The Balaban J connectivity index is 2.22. The number of hydrogen-bond acceptors (Lipinski definition) is 0. The van der Waals surface area contributed by atoms with Crippen LogP contribution < -0.4 is 0 Å². The van der Waals surface area contributed by atoms with Crippen molar-refractivity contribution in [3.05, 3.63) is 0 Å². The number of hydrogen-bond donors (Lipinski definition) is 0. The molecule has 0 aromatic carbocycles. The second-order valence-electron chi connectivity index (χ2n) is 7.05. The van der Waals surface area contributed by atoms with Gasteiger partial charge < -0.3 is 0 Å². The zero-order chi connectivity index (χ0) is 13.4. The molecule has 0 radical (unpaired) electrons. The van der Waals surface area contributed by atoms with E-state index < -0.39 is 0 Å². The summed E-state index contributed by atoms with van der Waals surface area (Å²) in [5, 5.41) is 0. The SMILES string of the molecule is CCCCCCCCC1CCCC(C)C1C(C)C. The quantitative estimate of drug-likeness (QED) is 0.436. The van der Waals surface area contributed by atoms with E-state index in [4.69, 9.17) is 0 Å². The van der Waals surface area contributed by atoms with Crippen molar-refractivity contribution in [2.45, 2.75) is 91.9 Å². The average molecular weight is 252 g/mol. The molecule has 1 aliphatic rings. The van der Waals surface area contributed by atoms with E-state index in [1.54, 1.807) is 0 Å². The van der Waals surface area contributed by atoms with E-state index in [-0.39, 0.29) is 0 Å². The maximum atomic E-state index is 2.50. The monoisotopic (exact) mass is 252 g/mol. The van der Waals surface area contributed by atoms with Crippen LogP contribution in [0.2, 0.25) is 0 Å². The van der Waals surface area contributed by atoms with Crippen LogP contribution in [0.15, 0.2) is 0 Å². The maximum absolute atomic E-state index is 2.50. The lowest BCUT2D eigenvalue weighted by molar-refractivity contribution is 0.107. The van der Waals surface area contributed by atoms with Crippen LogP contribution in [0, 0.1) is 23.7 Å². The van der Waals surface area contributed by atoms with Crippen LogP contribution in [-0.4, -0.2) is 0 Å². The first-order valence-electron chi connectivity index (χ1n) is 8.66. The third kappa shape index (κ3) is 5.33. The van der Waals surface area contributed by atoms with Gasteiger partial charge in [0.15, 0.2) is 0 Å². The minimum atomic E-state index is 0.894. The highest BCUT2D eigenvalue weighted by Crippen LogP contribution is 2.41. The van der Waals surface area contributed by atoms with E-state index in [0.29, 0.717) is 0 Å². The molecule has 18 heavy (non-hydrogen) atoms. The summed E-state index contributed by atoms with van der Waals surface area (Å²) in [4.78, 5) is 0. The summed E-state index contributed by atoms with van der Waals surface area (Å²) in [6.45, 7) is 9.69. The third-order valence-electron chi connectivity index (χ3n) is 5.13. The Morgan fingerprint density at radius 1 is 0.944 bits per heavy atom. The number of rotatable bonds is 8. The summed E-state index contributed by atoms with van der Waals surface area (Å²) in [6.07, 6.45) is 14.7. The van der Waals surface area contributed by atoms with Crippen molar-refractivity contribution >= 4 is 0 Å². The minimum absolute atomic E-state index is 0.894. The van der Waals surface area contributed by atoms with Crippen LogP contribution in [0.1, 0.15) is 91.9 Å². The van der Waals surface area contributed by atoms with Gasteiger partial charge in [0.25, 0.3) is 0 Å². The lowest BCUT2D eigenvalue weighted by Crippen LogP contribution is -2.30. The summed E-state index contributed by atoms with van der Waals surface area (Å²) >= 11 is 0. The Hall–Kier alpha value is 0. The van der Waals surface area contributed by atoms with Crippen molar-refractivity contribution in [3.63, 3.8) is 0 Å². The summed E-state index contributed by atoms with van der Waals surface area (Å²) in [7, 11) is 0. The van der Waals surface area contributed by atoms with Gasteiger partial charge in [-0.15, -0.1) is 0 Å². The Morgan fingerprint density at radius 3 is 2.28 bits per heavy atom. The Kier molecular flexibility index (Phi) is 8.02. The van der Waals surface area contributed by atoms with E-state index in [2.05, 4.69) is 27.7 Å². The van der Waals surface area contributed by atoms with Crippen LogP contribution >= 0.6 is 0 Å². The molecule has 1 aliphatic carbocycles. The van der Waals surface area contributed by atoms with E-state index in [9.17, 15) is 0 Å². The van der Waals surface area contributed by atoms with Gasteiger partial charge >= 0.3 is 0 Å². The summed E-state index contributed by atoms with van der Waals surface area (Å²) in [5.41, 5.74) is 0. The fourth-order valence-electron chi connectivity index (χ4n) is 4.28. The van der Waals surface area contributed by atoms with Gasteiger partial charge in [-0.25, -0.2) is 0 Å². The first kappa shape index (κ1) is 16.1. The summed E-state index contributed by atoms with van der Waals surface area (Å²) < 4.78 is 0. The van der Waals surface area contributed by atoms with Crippen LogP contribution in [0.4, 0.5) is 0 Å². The zero-order valence-corrected chi connectivity index (χ0v) is 13.4. The van der Waals surface area contributed by atoms with E-state index >= 15 is 0 Å². The van der Waals surface area contributed by atoms with Gasteiger partial charge in [0.2, 0.25) is 0 Å². The van der Waals surface area contributed by atoms with Crippen molar-refractivity contribution in [3.8, 4) is 0 Å². The molecule has 0 aromatic rings. The Bertz CT molecular complexity index is 194. The molecule has 0 amide bonds. The Labute approximate surface area is 116 Å². The van der Waals surface area contributed by atoms with Crippen LogP contribution in [0.5, 0.6) is 0 Å². The van der Waals surface area contributed by atoms with Crippen LogP contribution in [-0.2, 0) is 0 Å². The lowest BCUT2D eigenvalue weighted by atomic mass is 9.66. The largest absolute Gasteiger partial charge is 0.0654 e. The molecule has 1 fully saturated rings. The zero-order valence-electron chi connectivity index (χ0n) is 13.4. The Morgan fingerprint density at radius 2 is 1.61 bits per heavy atom. The highest BCUT2D eigenvalue weighted by Gasteiger charge is 2.31. The fraction of sp³-hybridized carbons (Fsp3) is 1.00. The highest BCUT2D eigenvalue weighted by molar-refractivity contribution is 4.82. The second kappa shape index (κ2) is 8.99. The van der Waals surface area contributed by atoms with Crippen molar-refractivity contribution < 1.29 is 0 Å². The molecule has 0 heteroatoms. The van der Waals surface area contributed by atoms with Crippen LogP contribution in [0.3, 0.4) is 0 Å². The van der Waals surface area contributed by atoms with Gasteiger partial charge in [0.1, 0.15) is 0 Å². The van der Waals surface area contributed by atoms with Crippen molar-refractivity contribution in [2.24, 2.45) is 23.7 Å². The standard InChI is InChI=1S/C18H36/c1-5-6-7-8-9-10-13-17-14-11-12-16(4)18(17)15(2)3/h15-18H,5-14H2,1-4H3. The van der Waals surface area contributed by atoms with Gasteiger partial charge in [-0.05, 0) is 23.7 Å². The molecule has 0 saturated heterocycles. The fourth-order valence-corrected chi connectivity index (χ4v) is 4.28. The predicted octanol–water partition coefficient (Wildman–Crippen LogP) is 6.45. The summed E-state index contributed by atoms with van der Waals surface area (Å²) in [5.74, 6) is 3.92. The van der Waals surface area contributed by atoms with Crippen LogP contribution in [0.25, 0.3) is 0 Å². The molecule has 0 aromatic heterocycles. The molecule has 0 spiro atoms. The molecular formula is C18H36. The molecule has 0 bridgehead atoms. The smallest absolute Gasteiger partial charge is 0.0337 e. The van der Waals surface area contributed by atoms with E-state index in [0.717, 1.165) is 23.7 Å². The van der Waals surface area contributed by atoms with Gasteiger partial charge in [-0.1, -0.05) is 91.9 Å². The lowest BCUT2D eigenvalue weighted by Gasteiger charge is -2.39. The molecule has 0 nitrogen and oxygen atoms in total. The first-order valence-corrected chi connectivity index (χ1v) is 8.66. The van der Waals surface area contributed by atoms with E-state index in [1.165, 1.54) is 64.2 Å². The molecule has 3 atom stereocenters. The van der Waals surface area contributed by atoms with Crippen molar-refractivity contribution in [1.82, 2.24) is 0 Å². The molecule has 0 aliphatic heterocycles. The normalized spacial score (nSPS) is 28.8. The minimum Gasteiger partial charge on any atom is -0.0654 e. The summed E-state index contributed by atoms with van der Waals surface area (Å²) in [6, 6.07) is 0. The maximum Gasteiger partial charge on any atom is -0.0337 e. The molecule has 1 rings (SSSR count). The highest BCUT2D eigenvalue weighted by atomic mass is 14.4. The average Bonchev–Trinajstić information content (AvgIpc) is 2.33.